The van der Waals surface area contributed by atoms with Crippen LogP contribution in [0.25, 0.3) is 22.2 Å². The predicted molar refractivity (Wildman–Crippen MR) is 113 cm³/mol. The number of nitrogen functional groups attached to an aromatic ring is 1. The van der Waals surface area contributed by atoms with E-state index in [0.29, 0.717) is 23.5 Å². The van der Waals surface area contributed by atoms with Gasteiger partial charge in [0.15, 0.2) is 11.5 Å². The van der Waals surface area contributed by atoms with E-state index >= 15 is 0 Å². The minimum Gasteiger partial charge on any atom is -0.382 e. The van der Waals surface area contributed by atoms with Crippen molar-refractivity contribution in [1.82, 2.24) is 34.5 Å². The van der Waals surface area contributed by atoms with Crippen LogP contribution in [0.1, 0.15) is 50.4 Å². The zero-order chi connectivity index (χ0) is 20.4. The van der Waals surface area contributed by atoms with Gasteiger partial charge in [0.25, 0.3) is 0 Å². The normalized spacial score (nSPS) is 11.7. The number of nitrogens with one attached hydrogen (secondary N) is 1. The zero-order valence-corrected chi connectivity index (χ0v) is 16.9. The van der Waals surface area contributed by atoms with E-state index < -0.39 is 0 Å². The van der Waals surface area contributed by atoms with E-state index in [-0.39, 0.29) is 11.5 Å². The second-order valence-electron chi connectivity index (χ2n) is 7.42. The summed E-state index contributed by atoms with van der Waals surface area (Å²) in [6.45, 7) is 5.21. The summed E-state index contributed by atoms with van der Waals surface area (Å²) in [7, 11) is 0. The van der Waals surface area contributed by atoms with Crippen molar-refractivity contribution in [2.24, 2.45) is 0 Å². The van der Waals surface area contributed by atoms with E-state index in [9.17, 15) is 4.79 Å². The number of hydrogen-bond acceptors (Lipinski definition) is 6. The molecule has 0 aliphatic heterocycles. The van der Waals surface area contributed by atoms with Crippen LogP contribution in [0.4, 0.5) is 5.82 Å². The first-order valence-electron chi connectivity index (χ1n) is 10.1. The van der Waals surface area contributed by atoms with Gasteiger partial charge in [-0.1, -0.05) is 43.9 Å². The third kappa shape index (κ3) is 3.85. The molecule has 0 radical (unpaired) electrons. The van der Waals surface area contributed by atoms with Crippen molar-refractivity contribution in [3.05, 3.63) is 40.1 Å². The number of benzene rings is 1. The number of hydrogen-bond donors (Lipinski definition) is 2. The molecule has 152 valence electrons. The minimum atomic E-state index is -0.262. The van der Waals surface area contributed by atoms with Crippen LogP contribution in [-0.4, -0.2) is 34.5 Å². The molecular weight excluding hydrogens is 368 g/mol. The lowest BCUT2D eigenvalue weighted by Gasteiger charge is -2.05. The molecule has 0 aliphatic carbocycles. The first kappa shape index (κ1) is 19.1. The quantitative estimate of drug-likeness (QED) is 0.443. The van der Waals surface area contributed by atoms with Crippen molar-refractivity contribution in [3.63, 3.8) is 0 Å². The number of rotatable bonds is 8. The van der Waals surface area contributed by atoms with Crippen LogP contribution in [0.3, 0.4) is 0 Å². The molecule has 0 amide bonds. The van der Waals surface area contributed by atoms with Crippen LogP contribution in [0, 0.1) is 6.92 Å². The highest BCUT2D eigenvalue weighted by Gasteiger charge is 2.14. The fraction of sp³-hybridized carbons (Fsp3) is 0.450. The van der Waals surface area contributed by atoms with Gasteiger partial charge in [-0.3, -0.25) is 4.57 Å². The Bertz CT molecular complexity index is 1200. The Hall–Kier alpha value is -3.23. The Kier molecular flexibility index (Phi) is 5.28. The number of nitrogens with two attached hydrogens (primary N) is 1. The molecule has 0 atom stereocenters. The van der Waals surface area contributed by atoms with Crippen molar-refractivity contribution < 1.29 is 0 Å². The molecule has 29 heavy (non-hydrogen) atoms. The lowest BCUT2D eigenvalue weighted by atomic mass is 10.1. The van der Waals surface area contributed by atoms with Gasteiger partial charge >= 0.3 is 5.69 Å². The largest absolute Gasteiger partial charge is 0.382 e. The Morgan fingerprint density at radius 1 is 1.14 bits per heavy atom. The molecule has 0 spiro atoms. The number of aryl methyl sites for hydroxylation is 2. The third-order valence-electron chi connectivity index (χ3n) is 5.15. The Morgan fingerprint density at radius 3 is 2.79 bits per heavy atom. The predicted octanol–water partition coefficient (Wildman–Crippen LogP) is 2.77. The molecule has 9 heteroatoms. The number of H-pyrrole nitrogens is 1. The maximum atomic E-state index is 12.4. The molecule has 1 aromatic carbocycles. The molecule has 3 N–H and O–H groups in total. The molecule has 0 aliphatic rings. The molecule has 0 saturated carbocycles. The van der Waals surface area contributed by atoms with Gasteiger partial charge in [0.2, 0.25) is 0 Å². The summed E-state index contributed by atoms with van der Waals surface area (Å²) in [4.78, 5) is 23.7. The molecule has 0 saturated heterocycles. The van der Waals surface area contributed by atoms with E-state index in [4.69, 9.17) is 5.73 Å². The van der Waals surface area contributed by atoms with Gasteiger partial charge in [0.05, 0.1) is 12.1 Å². The van der Waals surface area contributed by atoms with E-state index in [1.165, 1.54) is 25.7 Å². The fourth-order valence-electron chi connectivity index (χ4n) is 3.64. The summed E-state index contributed by atoms with van der Waals surface area (Å²) < 4.78 is 3.53. The van der Waals surface area contributed by atoms with Crippen LogP contribution < -0.4 is 11.4 Å². The Balaban J connectivity index is 1.56. The molecule has 0 bridgehead atoms. The molecule has 3 heterocycles. The summed E-state index contributed by atoms with van der Waals surface area (Å²) in [5.74, 6) is 0.806. The summed E-state index contributed by atoms with van der Waals surface area (Å²) in [5, 5.41) is 8.61. The van der Waals surface area contributed by atoms with Crippen LogP contribution >= 0.6 is 0 Å². The maximum absolute atomic E-state index is 12.4. The molecule has 3 aromatic heterocycles. The number of aromatic nitrogens is 7. The maximum Gasteiger partial charge on any atom is 0.328 e. The van der Waals surface area contributed by atoms with Crippen molar-refractivity contribution in [2.45, 2.75) is 59.0 Å². The molecule has 0 fully saturated rings. The fourth-order valence-corrected chi connectivity index (χ4v) is 3.64. The second kappa shape index (κ2) is 8.02. The van der Waals surface area contributed by atoms with Gasteiger partial charge in [-0.15, -0.1) is 5.10 Å². The van der Waals surface area contributed by atoms with E-state index in [2.05, 4.69) is 32.2 Å². The summed E-state index contributed by atoms with van der Waals surface area (Å²) >= 11 is 0. The average molecular weight is 394 g/mol. The molecule has 0 unspecified atom stereocenters. The minimum absolute atomic E-state index is 0.262. The average Bonchev–Trinajstić information content (AvgIpc) is 3.23. The Labute approximate surface area is 168 Å². The van der Waals surface area contributed by atoms with Gasteiger partial charge in [0, 0.05) is 6.54 Å². The summed E-state index contributed by atoms with van der Waals surface area (Å²) in [6, 6.07) is 5.99. The van der Waals surface area contributed by atoms with Gasteiger partial charge < -0.3 is 10.7 Å². The number of anilines is 1. The van der Waals surface area contributed by atoms with E-state index in [0.717, 1.165) is 29.6 Å². The highest BCUT2D eigenvalue weighted by Crippen LogP contribution is 2.18. The standard InChI is InChI=1S/C20H26N8O/c1-3-4-5-6-7-10-28-16-9-8-14(11-15(16)25-26-28)12-27-19-17(24-20(27)29)18(21)22-13(2)23-19/h8-9,11H,3-7,10,12H2,1-2H3,(H,24,29)(H2,21,22,23). The molecular formula is C20H26N8O. The highest BCUT2D eigenvalue weighted by molar-refractivity contribution is 5.81. The van der Waals surface area contributed by atoms with Crippen molar-refractivity contribution in [1.29, 1.82) is 0 Å². The lowest BCUT2D eigenvalue weighted by Crippen LogP contribution is -2.17. The number of imidazole rings is 1. The van der Waals surface area contributed by atoms with Crippen LogP contribution in [-0.2, 0) is 13.1 Å². The second-order valence-corrected chi connectivity index (χ2v) is 7.42. The van der Waals surface area contributed by atoms with Crippen LogP contribution in [0.5, 0.6) is 0 Å². The number of unbranched alkanes of at least 4 members (excludes halogenated alkanes) is 4. The number of nitrogens with zero attached hydrogens (tertiary/aromatic N) is 6. The van der Waals surface area contributed by atoms with Crippen molar-refractivity contribution >= 4 is 28.0 Å². The summed E-state index contributed by atoms with van der Waals surface area (Å²) in [5.41, 5.74) is 9.43. The topological polar surface area (TPSA) is 120 Å². The van der Waals surface area contributed by atoms with E-state index in [1.54, 1.807) is 11.5 Å². The van der Waals surface area contributed by atoms with Crippen molar-refractivity contribution in [3.8, 4) is 0 Å². The zero-order valence-electron chi connectivity index (χ0n) is 16.9. The van der Waals surface area contributed by atoms with Crippen LogP contribution in [0.2, 0.25) is 0 Å². The van der Waals surface area contributed by atoms with Crippen molar-refractivity contribution in [2.75, 3.05) is 5.73 Å². The number of fused-ring (bicyclic) bond motifs is 2. The SMILES string of the molecule is CCCCCCCn1nnc2cc(Cn3c(=O)[nH]c4c(N)nc(C)nc43)ccc21. The monoisotopic (exact) mass is 394 g/mol. The van der Waals surface area contributed by atoms with Gasteiger partial charge in [-0.25, -0.2) is 19.4 Å². The first-order chi connectivity index (χ1) is 14.1. The molecule has 9 nitrogen and oxygen atoms in total. The smallest absolute Gasteiger partial charge is 0.328 e. The van der Waals surface area contributed by atoms with Gasteiger partial charge in [-0.2, -0.15) is 0 Å². The van der Waals surface area contributed by atoms with Crippen LogP contribution in [0.15, 0.2) is 23.0 Å². The summed E-state index contributed by atoms with van der Waals surface area (Å²) in [6.07, 6.45) is 6.10. The molecule has 4 aromatic rings. The highest BCUT2D eigenvalue weighted by atomic mass is 16.1. The molecule has 4 rings (SSSR count). The van der Waals surface area contributed by atoms with Gasteiger partial charge in [-0.05, 0) is 31.0 Å². The Morgan fingerprint density at radius 2 is 1.97 bits per heavy atom. The van der Waals surface area contributed by atoms with E-state index in [1.807, 2.05) is 22.9 Å². The number of aromatic amines is 1. The lowest BCUT2D eigenvalue weighted by molar-refractivity contribution is 0.531. The third-order valence-corrected chi connectivity index (χ3v) is 5.15. The van der Waals surface area contributed by atoms with Gasteiger partial charge in [0.1, 0.15) is 16.9 Å². The first-order valence-corrected chi connectivity index (χ1v) is 10.1.